The number of hydrogen-bond acceptors (Lipinski definition) is 4. The van der Waals surface area contributed by atoms with Crippen LogP contribution >= 0.6 is 11.6 Å². The van der Waals surface area contributed by atoms with Gasteiger partial charge in [-0.3, -0.25) is 4.79 Å². The van der Waals surface area contributed by atoms with Gasteiger partial charge < -0.3 is 10.2 Å². The first kappa shape index (κ1) is 21.5. The maximum absolute atomic E-state index is 12.9. The van der Waals surface area contributed by atoms with Crippen molar-refractivity contribution in [2.24, 2.45) is 11.8 Å². The molecule has 1 aliphatic heterocycles. The highest BCUT2D eigenvalue weighted by molar-refractivity contribution is 6.30. The molecule has 0 saturated carbocycles. The van der Waals surface area contributed by atoms with Gasteiger partial charge in [-0.1, -0.05) is 43.6 Å². The second kappa shape index (κ2) is 8.87. The summed E-state index contributed by atoms with van der Waals surface area (Å²) in [5.41, 5.74) is 4.21. The lowest BCUT2D eigenvalue weighted by Gasteiger charge is -2.35. The minimum Gasteiger partial charge on any atom is -0.338 e. The van der Waals surface area contributed by atoms with Crippen LogP contribution in [0.1, 0.15) is 30.6 Å². The van der Waals surface area contributed by atoms with Crippen LogP contribution in [0.5, 0.6) is 0 Å². The van der Waals surface area contributed by atoms with Crippen molar-refractivity contribution in [3.8, 4) is 11.3 Å². The number of likely N-dealkylation sites (tertiary alicyclic amines) is 1. The zero-order chi connectivity index (χ0) is 22.9. The number of fused-ring (bicyclic) bond motifs is 1. The third kappa shape index (κ3) is 4.57. The molecule has 1 aliphatic rings. The van der Waals surface area contributed by atoms with E-state index in [1.807, 2.05) is 76.1 Å². The van der Waals surface area contributed by atoms with Gasteiger partial charge in [0.25, 0.3) is 5.91 Å². The molecule has 6 nitrogen and oxygen atoms in total. The van der Waals surface area contributed by atoms with Crippen molar-refractivity contribution < 1.29 is 4.79 Å². The van der Waals surface area contributed by atoms with Crippen molar-refractivity contribution in [1.29, 1.82) is 0 Å². The predicted octanol–water partition coefficient (Wildman–Crippen LogP) is 5.91. The number of hydrogen-bond donors (Lipinski definition) is 1. The van der Waals surface area contributed by atoms with Gasteiger partial charge in [0.15, 0.2) is 5.65 Å². The maximum atomic E-state index is 12.9. The number of rotatable bonds is 4. The van der Waals surface area contributed by atoms with E-state index >= 15 is 0 Å². The summed E-state index contributed by atoms with van der Waals surface area (Å²) in [7, 11) is 0. The molecule has 1 fully saturated rings. The summed E-state index contributed by atoms with van der Waals surface area (Å²) in [6.45, 7) is 6.07. The number of aromatic nitrogens is 3. The number of amides is 1. The quantitative estimate of drug-likeness (QED) is 0.412. The van der Waals surface area contributed by atoms with Crippen molar-refractivity contribution in [2.45, 2.75) is 20.3 Å². The summed E-state index contributed by atoms with van der Waals surface area (Å²) >= 11 is 6.03. The van der Waals surface area contributed by atoms with E-state index in [1.54, 1.807) is 0 Å². The van der Waals surface area contributed by atoms with Crippen molar-refractivity contribution in [3.63, 3.8) is 0 Å². The Morgan fingerprint density at radius 2 is 1.67 bits per heavy atom. The van der Waals surface area contributed by atoms with Crippen LogP contribution in [0, 0.1) is 11.8 Å². The van der Waals surface area contributed by atoms with Crippen LogP contribution < -0.4 is 5.32 Å². The lowest BCUT2D eigenvalue weighted by atomic mass is 9.91. The fraction of sp³-hybridized carbons (Fsp3) is 0.269. The van der Waals surface area contributed by atoms with Gasteiger partial charge in [-0.05, 0) is 66.8 Å². The Hall–Kier alpha value is -3.38. The third-order valence-corrected chi connectivity index (χ3v) is 6.30. The van der Waals surface area contributed by atoms with E-state index in [9.17, 15) is 4.79 Å². The molecule has 4 aromatic rings. The number of carbonyl (C=O) groups is 1. The largest absolute Gasteiger partial charge is 0.338 e. The van der Waals surface area contributed by atoms with Crippen LogP contribution in [0.2, 0.25) is 5.02 Å². The number of carbonyl (C=O) groups excluding carboxylic acids is 1. The van der Waals surface area contributed by atoms with Crippen LogP contribution in [0.25, 0.3) is 16.9 Å². The molecule has 2 atom stereocenters. The lowest BCUT2D eigenvalue weighted by molar-refractivity contribution is 0.0623. The summed E-state index contributed by atoms with van der Waals surface area (Å²) in [5, 5.41) is 8.59. The van der Waals surface area contributed by atoms with Gasteiger partial charge in [-0.25, -0.2) is 4.52 Å². The molecule has 0 radical (unpaired) electrons. The monoisotopic (exact) mass is 459 g/mol. The highest BCUT2D eigenvalue weighted by Gasteiger charge is 2.26. The van der Waals surface area contributed by atoms with Gasteiger partial charge in [-0.2, -0.15) is 4.98 Å². The summed E-state index contributed by atoms with van der Waals surface area (Å²) in [5.74, 6) is 1.67. The van der Waals surface area contributed by atoms with Gasteiger partial charge >= 0.3 is 0 Å². The number of piperidine rings is 1. The van der Waals surface area contributed by atoms with E-state index in [1.165, 1.54) is 6.42 Å². The highest BCUT2D eigenvalue weighted by Crippen LogP contribution is 2.25. The second-order valence-electron chi connectivity index (χ2n) is 8.98. The van der Waals surface area contributed by atoms with Crippen LogP contribution in [-0.4, -0.2) is 38.5 Å². The molecule has 3 heterocycles. The minimum atomic E-state index is 0.0958. The molecule has 0 aliphatic carbocycles. The molecule has 0 bridgehead atoms. The fourth-order valence-electron chi connectivity index (χ4n) is 4.63. The normalized spacial score (nSPS) is 18.5. The first-order chi connectivity index (χ1) is 16.0. The predicted molar refractivity (Wildman–Crippen MR) is 132 cm³/mol. The SMILES string of the molecule is CC1CC(C)CN(C(=O)c2ccc(Nc3nc4cccc(-c5ccc(Cl)cc5)n4n3)cc2)C1. The Morgan fingerprint density at radius 1 is 0.970 bits per heavy atom. The zero-order valence-electron chi connectivity index (χ0n) is 18.7. The van der Waals surface area contributed by atoms with E-state index in [0.29, 0.717) is 28.4 Å². The van der Waals surface area contributed by atoms with Crippen LogP contribution in [0.15, 0.2) is 66.7 Å². The standard InChI is InChI=1S/C26H26ClN5O/c1-17-14-18(2)16-31(15-17)25(33)20-8-12-22(13-9-20)28-26-29-24-5-3-4-23(32(24)30-26)19-6-10-21(27)11-7-19/h3-13,17-18H,14-16H2,1-2H3,(H,28,30). The Balaban J connectivity index is 1.34. The topological polar surface area (TPSA) is 62.5 Å². The van der Waals surface area contributed by atoms with E-state index in [-0.39, 0.29) is 5.91 Å². The Kier molecular flexibility index (Phi) is 5.77. The van der Waals surface area contributed by atoms with E-state index in [4.69, 9.17) is 11.6 Å². The summed E-state index contributed by atoms with van der Waals surface area (Å²) in [6.07, 6.45) is 1.18. The lowest BCUT2D eigenvalue weighted by Crippen LogP contribution is -2.42. The molecule has 5 rings (SSSR count). The van der Waals surface area contributed by atoms with Crippen molar-refractivity contribution in [2.75, 3.05) is 18.4 Å². The summed E-state index contributed by atoms with van der Waals surface area (Å²) in [4.78, 5) is 19.5. The zero-order valence-corrected chi connectivity index (χ0v) is 19.5. The Morgan fingerprint density at radius 3 is 2.36 bits per heavy atom. The van der Waals surface area contributed by atoms with Gasteiger partial charge in [-0.15, -0.1) is 5.10 Å². The van der Waals surface area contributed by atoms with E-state index in [0.717, 1.165) is 35.7 Å². The average Bonchev–Trinajstić information content (AvgIpc) is 3.21. The maximum Gasteiger partial charge on any atom is 0.253 e. The second-order valence-corrected chi connectivity index (χ2v) is 9.42. The minimum absolute atomic E-state index is 0.0958. The first-order valence-corrected chi connectivity index (χ1v) is 11.6. The molecular formula is C26H26ClN5O. The third-order valence-electron chi connectivity index (χ3n) is 6.04. The Bertz CT molecular complexity index is 1270. The highest BCUT2D eigenvalue weighted by atomic mass is 35.5. The summed E-state index contributed by atoms with van der Waals surface area (Å²) < 4.78 is 1.81. The molecule has 33 heavy (non-hydrogen) atoms. The van der Waals surface area contributed by atoms with Gasteiger partial charge in [0.1, 0.15) is 0 Å². The molecule has 1 amide bonds. The Labute approximate surface area is 198 Å². The van der Waals surface area contributed by atoms with E-state index in [2.05, 4.69) is 29.2 Å². The molecule has 2 unspecified atom stereocenters. The average molecular weight is 460 g/mol. The summed E-state index contributed by atoms with van der Waals surface area (Å²) in [6, 6.07) is 21.0. The van der Waals surface area contributed by atoms with Crippen LogP contribution in [0.3, 0.4) is 0 Å². The van der Waals surface area contributed by atoms with Crippen molar-refractivity contribution >= 4 is 34.8 Å². The van der Waals surface area contributed by atoms with Gasteiger partial charge in [0, 0.05) is 34.9 Å². The number of pyridine rings is 1. The smallest absolute Gasteiger partial charge is 0.253 e. The first-order valence-electron chi connectivity index (χ1n) is 11.2. The molecule has 7 heteroatoms. The van der Waals surface area contributed by atoms with Gasteiger partial charge in [0.05, 0.1) is 5.69 Å². The number of anilines is 2. The van der Waals surface area contributed by atoms with Crippen molar-refractivity contribution in [1.82, 2.24) is 19.5 Å². The van der Waals surface area contributed by atoms with Gasteiger partial charge in [0.2, 0.25) is 5.95 Å². The molecule has 1 saturated heterocycles. The molecular weight excluding hydrogens is 434 g/mol. The fourth-order valence-corrected chi connectivity index (χ4v) is 4.76. The molecule has 2 aromatic carbocycles. The number of halogens is 1. The van der Waals surface area contributed by atoms with Crippen LogP contribution in [0.4, 0.5) is 11.6 Å². The molecule has 1 N–H and O–H groups in total. The molecule has 168 valence electrons. The number of nitrogens with zero attached hydrogens (tertiary/aromatic N) is 4. The van der Waals surface area contributed by atoms with Crippen LogP contribution in [-0.2, 0) is 0 Å². The van der Waals surface area contributed by atoms with E-state index < -0.39 is 0 Å². The number of nitrogens with one attached hydrogen (secondary N) is 1. The van der Waals surface area contributed by atoms with Crippen molar-refractivity contribution in [3.05, 3.63) is 77.3 Å². The number of benzene rings is 2. The molecule has 2 aromatic heterocycles. The molecule has 0 spiro atoms.